The van der Waals surface area contributed by atoms with Gasteiger partial charge >= 0.3 is 0 Å². The fourth-order valence-corrected chi connectivity index (χ4v) is 1.58. The molecular weight excluding hydrogens is 221 g/mol. The number of nitrogen functional groups attached to an aromatic ring is 1. The Kier molecular flexibility index (Phi) is 2.04. The Labute approximate surface area is 95.9 Å². The molecule has 0 aliphatic heterocycles. The third-order valence-corrected chi connectivity index (χ3v) is 2.40. The number of para-hydroxylation sites is 1. The normalized spacial score (nSPS) is 10.9. The molecule has 84 valence electrons. The van der Waals surface area contributed by atoms with Crippen molar-refractivity contribution in [2.45, 2.75) is 0 Å². The van der Waals surface area contributed by atoms with Crippen LogP contribution in [0, 0.1) is 5.82 Å². The molecule has 0 fully saturated rings. The molecule has 0 atom stereocenters. The van der Waals surface area contributed by atoms with E-state index in [0.29, 0.717) is 28.4 Å². The Morgan fingerprint density at radius 1 is 1.18 bits per heavy atom. The minimum atomic E-state index is -0.399. The summed E-state index contributed by atoms with van der Waals surface area (Å²) in [6, 6.07) is 8.11. The van der Waals surface area contributed by atoms with Crippen LogP contribution in [0.3, 0.4) is 0 Å². The molecule has 0 saturated heterocycles. The predicted molar refractivity (Wildman–Crippen MR) is 61.6 cm³/mol. The highest BCUT2D eigenvalue weighted by atomic mass is 19.1. The van der Waals surface area contributed by atoms with E-state index in [1.165, 1.54) is 12.1 Å². The quantitative estimate of drug-likeness (QED) is 0.651. The Morgan fingerprint density at radius 2 is 2.06 bits per heavy atom. The number of nitrogens with two attached hydrogens (primary N) is 1. The Hall–Kier alpha value is -2.43. The summed E-state index contributed by atoms with van der Waals surface area (Å²) in [7, 11) is 0. The molecule has 5 heteroatoms. The molecule has 0 unspecified atom stereocenters. The lowest BCUT2D eigenvalue weighted by atomic mass is 10.3. The van der Waals surface area contributed by atoms with Gasteiger partial charge in [-0.1, -0.05) is 6.07 Å². The topological polar surface area (TPSA) is 64.9 Å². The van der Waals surface area contributed by atoms with E-state index < -0.39 is 5.82 Å². The first-order valence-corrected chi connectivity index (χ1v) is 5.01. The Morgan fingerprint density at radius 3 is 2.76 bits per heavy atom. The number of anilines is 1. The second-order valence-corrected chi connectivity index (χ2v) is 3.57. The van der Waals surface area contributed by atoms with Crippen LogP contribution in [0.1, 0.15) is 0 Å². The molecule has 0 radical (unpaired) electrons. The van der Waals surface area contributed by atoms with Gasteiger partial charge in [0.25, 0.3) is 0 Å². The minimum absolute atomic E-state index is 0.331. The van der Waals surface area contributed by atoms with Crippen molar-refractivity contribution in [3.63, 3.8) is 0 Å². The zero-order chi connectivity index (χ0) is 11.8. The number of pyridine rings is 1. The summed E-state index contributed by atoms with van der Waals surface area (Å²) in [5.41, 5.74) is 7.96. The summed E-state index contributed by atoms with van der Waals surface area (Å²) in [4.78, 5) is 8.14. The minimum Gasteiger partial charge on any atom is -0.435 e. The number of hydrogen-bond donors (Lipinski definition) is 1. The zero-order valence-electron chi connectivity index (χ0n) is 8.72. The van der Waals surface area contributed by atoms with E-state index in [4.69, 9.17) is 10.2 Å². The largest absolute Gasteiger partial charge is 0.435 e. The van der Waals surface area contributed by atoms with Crippen LogP contribution in [0.25, 0.3) is 22.7 Å². The number of hydrogen-bond acceptors (Lipinski definition) is 4. The first kappa shape index (κ1) is 9.77. The van der Waals surface area contributed by atoms with Gasteiger partial charge in [0.2, 0.25) is 5.89 Å². The van der Waals surface area contributed by atoms with Crippen LogP contribution in [-0.2, 0) is 0 Å². The summed E-state index contributed by atoms with van der Waals surface area (Å²) in [5, 5.41) is 0. The molecule has 2 heterocycles. The zero-order valence-corrected chi connectivity index (χ0v) is 8.72. The van der Waals surface area contributed by atoms with Gasteiger partial charge in [-0.05, 0) is 24.3 Å². The highest BCUT2D eigenvalue weighted by Gasteiger charge is 2.10. The lowest BCUT2D eigenvalue weighted by Crippen LogP contribution is -1.86. The first-order valence-electron chi connectivity index (χ1n) is 5.01. The van der Waals surface area contributed by atoms with Crippen LogP contribution < -0.4 is 5.73 Å². The van der Waals surface area contributed by atoms with Gasteiger partial charge < -0.3 is 10.2 Å². The van der Waals surface area contributed by atoms with Gasteiger partial charge in [0.1, 0.15) is 17.0 Å². The molecule has 0 aliphatic carbocycles. The van der Waals surface area contributed by atoms with Gasteiger partial charge in [-0.3, -0.25) is 0 Å². The van der Waals surface area contributed by atoms with Crippen LogP contribution in [0.5, 0.6) is 0 Å². The van der Waals surface area contributed by atoms with Crippen molar-refractivity contribution in [3.8, 4) is 11.6 Å². The smallest absolute Gasteiger partial charge is 0.246 e. The van der Waals surface area contributed by atoms with Crippen molar-refractivity contribution in [3.05, 3.63) is 42.3 Å². The van der Waals surface area contributed by atoms with E-state index in [-0.39, 0.29) is 0 Å². The molecule has 3 rings (SSSR count). The van der Waals surface area contributed by atoms with Crippen molar-refractivity contribution in [2.24, 2.45) is 0 Å². The number of aromatic nitrogens is 2. The second kappa shape index (κ2) is 3.55. The summed E-state index contributed by atoms with van der Waals surface area (Å²) < 4.78 is 18.2. The van der Waals surface area contributed by atoms with Crippen molar-refractivity contribution in [2.75, 3.05) is 5.73 Å². The van der Waals surface area contributed by atoms with Gasteiger partial charge in [-0.2, -0.15) is 0 Å². The lowest BCUT2D eigenvalue weighted by molar-refractivity contribution is 0.608. The molecule has 0 spiro atoms. The van der Waals surface area contributed by atoms with E-state index in [9.17, 15) is 4.39 Å². The molecule has 1 aromatic carbocycles. The average molecular weight is 229 g/mol. The maximum atomic E-state index is 12.7. The molecule has 4 nitrogen and oxygen atoms in total. The van der Waals surface area contributed by atoms with Crippen LogP contribution in [0.4, 0.5) is 10.1 Å². The molecule has 17 heavy (non-hydrogen) atoms. The highest BCUT2D eigenvalue weighted by Crippen LogP contribution is 2.26. The van der Waals surface area contributed by atoms with Gasteiger partial charge in [0.15, 0.2) is 5.58 Å². The SMILES string of the molecule is Nc1cccc2oc(-c3ccc(F)cn3)nc12. The summed E-state index contributed by atoms with van der Waals surface area (Å²) in [6.45, 7) is 0. The maximum Gasteiger partial charge on any atom is 0.246 e. The van der Waals surface area contributed by atoms with Gasteiger partial charge in [0, 0.05) is 0 Å². The number of rotatable bonds is 1. The molecular formula is C12H8FN3O. The van der Waals surface area contributed by atoms with Crippen molar-refractivity contribution in [1.29, 1.82) is 0 Å². The number of fused-ring (bicyclic) bond motifs is 1. The monoisotopic (exact) mass is 229 g/mol. The molecule has 2 aromatic heterocycles. The summed E-state index contributed by atoms with van der Waals surface area (Å²) in [5.74, 6) is -0.0673. The third kappa shape index (κ3) is 1.61. The van der Waals surface area contributed by atoms with Gasteiger partial charge in [-0.25, -0.2) is 14.4 Å². The van der Waals surface area contributed by atoms with Crippen molar-refractivity contribution in [1.82, 2.24) is 9.97 Å². The van der Waals surface area contributed by atoms with E-state index in [2.05, 4.69) is 9.97 Å². The molecule has 2 N–H and O–H groups in total. The second-order valence-electron chi connectivity index (χ2n) is 3.57. The van der Waals surface area contributed by atoms with E-state index in [1.54, 1.807) is 18.2 Å². The standard InChI is InChI=1S/C12H8FN3O/c13-7-4-5-9(15-6-7)12-16-11-8(14)2-1-3-10(11)17-12/h1-6H,14H2. The van der Waals surface area contributed by atoms with E-state index in [1.807, 2.05) is 0 Å². The fourth-order valence-electron chi connectivity index (χ4n) is 1.58. The van der Waals surface area contributed by atoms with Crippen LogP contribution in [0.2, 0.25) is 0 Å². The van der Waals surface area contributed by atoms with Crippen LogP contribution >= 0.6 is 0 Å². The van der Waals surface area contributed by atoms with E-state index >= 15 is 0 Å². The summed E-state index contributed by atoms with van der Waals surface area (Å²) in [6.07, 6.45) is 1.12. The Balaban J connectivity index is 2.18. The van der Waals surface area contributed by atoms with Crippen LogP contribution in [-0.4, -0.2) is 9.97 Å². The van der Waals surface area contributed by atoms with Crippen molar-refractivity contribution >= 4 is 16.8 Å². The fraction of sp³-hybridized carbons (Fsp3) is 0. The average Bonchev–Trinajstić information content (AvgIpc) is 2.75. The first-order chi connectivity index (χ1) is 8.24. The van der Waals surface area contributed by atoms with Crippen LogP contribution in [0.15, 0.2) is 40.9 Å². The maximum absolute atomic E-state index is 12.7. The molecule has 0 saturated carbocycles. The number of halogens is 1. The molecule has 0 amide bonds. The molecule has 3 aromatic rings. The van der Waals surface area contributed by atoms with Gasteiger partial charge in [-0.15, -0.1) is 0 Å². The lowest BCUT2D eigenvalue weighted by Gasteiger charge is -1.92. The number of oxazole rings is 1. The summed E-state index contributed by atoms with van der Waals surface area (Å²) >= 11 is 0. The molecule has 0 aliphatic rings. The highest BCUT2D eigenvalue weighted by molar-refractivity contribution is 5.86. The van der Waals surface area contributed by atoms with E-state index in [0.717, 1.165) is 6.20 Å². The van der Waals surface area contributed by atoms with Crippen molar-refractivity contribution < 1.29 is 8.81 Å². The van der Waals surface area contributed by atoms with Gasteiger partial charge in [0.05, 0.1) is 11.9 Å². The number of benzene rings is 1. The third-order valence-electron chi connectivity index (χ3n) is 2.40. The number of nitrogens with zero attached hydrogens (tertiary/aromatic N) is 2. The predicted octanol–water partition coefficient (Wildman–Crippen LogP) is 2.61. The Bertz CT molecular complexity index is 676. The molecule has 0 bridgehead atoms.